The number of hydrogen-bond donors (Lipinski definition) is 1. The Hall–Kier alpha value is -2.30. The average molecular weight is 311 g/mol. The summed E-state index contributed by atoms with van der Waals surface area (Å²) < 4.78 is 16.0. The van der Waals surface area contributed by atoms with Gasteiger partial charge in [0.15, 0.2) is 6.79 Å². The summed E-state index contributed by atoms with van der Waals surface area (Å²) in [6, 6.07) is 16.0. The molecular weight excluding hydrogens is 290 g/mol. The van der Waals surface area contributed by atoms with E-state index in [4.69, 9.17) is 19.6 Å². The van der Waals surface area contributed by atoms with Crippen molar-refractivity contribution in [3.63, 3.8) is 0 Å². The van der Waals surface area contributed by atoms with Gasteiger partial charge in [0.25, 0.3) is 0 Å². The molecule has 0 radical (unpaired) electrons. The standard InChI is InChI=1S/C19H21NO3/c1-13-8-16-9-14(6-7-19(16)23-13)10-18(20)15-4-3-5-17(11-15)22-12-21-2/h3-9,11,18H,10,12,20H2,1-2H3. The van der Waals surface area contributed by atoms with Crippen molar-refractivity contribution in [1.82, 2.24) is 0 Å². The molecule has 0 amide bonds. The number of aryl methyl sites for hydroxylation is 1. The van der Waals surface area contributed by atoms with Crippen LogP contribution in [0, 0.1) is 6.92 Å². The lowest BCUT2D eigenvalue weighted by Gasteiger charge is -2.14. The largest absolute Gasteiger partial charge is 0.468 e. The topological polar surface area (TPSA) is 57.6 Å². The van der Waals surface area contributed by atoms with E-state index in [1.807, 2.05) is 43.3 Å². The molecule has 0 aliphatic heterocycles. The van der Waals surface area contributed by atoms with E-state index in [1.165, 1.54) is 5.56 Å². The van der Waals surface area contributed by atoms with Crippen molar-refractivity contribution in [2.45, 2.75) is 19.4 Å². The molecule has 4 heteroatoms. The van der Waals surface area contributed by atoms with Crippen LogP contribution in [-0.4, -0.2) is 13.9 Å². The lowest BCUT2D eigenvalue weighted by atomic mass is 9.99. The van der Waals surface area contributed by atoms with Gasteiger partial charge in [-0.15, -0.1) is 0 Å². The Labute approximate surface area is 135 Å². The van der Waals surface area contributed by atoms with Crippen molar-refractivity contribution in [3.05, 3.63) is 65.4 Å². The van der Waals surface area contributed by atoms with Crippen molar-refractivity contribution in [2.24, 2.45) is 5.73 Å². The van der Waals surface area contributed by atoms with Crippen LogP contribution < -0.4 is 10.5 Å². The van der Waals surface area contributed by atoms with Gasteiger partial charge < -0.3 is 19.6 Å². The average Bonchev–Trinajstić information content (AvgIpc) is 2.92. The summed E-state index contributed by atoms with van der Waals surface area (Å²) in [5.74, 6) is 1.69. The first-order valence-corrected chi connectivity index (χ1v) is 7.62. The van der Waals surface area contributed by atoms with Crippen LogP contribution in [0.5, 0.6) is 5.75 Å². The van der Waals surface area contributed by atoms with E-state index in [1.54, 1.807) is 7.11 Å². The Bertz CT molecular complexity index is 794. The van der Waals surface area contributed by atoms with Crippen LogP contribution in [0.25, 0.3) is 11.0 Å². The SMILES string of the molecule is COCOc1cccc(C(N)Cc2ccc3oc(C)cc3c2)c1. The number of furan rings is 1. The number of hydrogen-bond acceptors (Lipinski definition) is 4. The smallest absolute Gasteiger partial charge is 0.188 e. The second-order valence-electron chi connectivity index (χ2n) is 5.66. The monoisotopic (exact) mass is 311 g/mol. The number of benzene rings is 2. The van der Waals surface area contributed by atoms with Gasteiger partial charge in [-0.1, -0.05) is 18.2 Å². The lowest BCUT2D eigenvalue weighted by molar-refractivity contribution is 0.0510. The highest BCUT2D eigenvalue weighted by atomic mass is 16.7. The summed E-state index contributed by atoms with van der Waals surface area (Å²) in [4.78, 5) is 0. The fourth-order valence-corrected chi connectivity index (χ4v) is 2.69. The van der Waals surface area contributed by atoms with Gasteiger partial charge in [0, 0.05) is 18.5 Å². The maximum absolute atomic E-state index is 6.36. The molecule has 1 aromatic heterocycles. The Morgan fingerprint density at radius 2 is 2.00 bits per heavy atom. The Morgan fingerprint density at radius 3 is 2.83 bits per heavy atom. The summed E-state index contributed by atoms with van der Waals surface area (Å²) in [6.07, 6.45) is 0.758. The molecule has 1 atom stereocenters. The van der Waals surface area contributed by atoms with Gasteiger partial charge >= 0.3 is 0 Å². The van der Waals surface area contributed by atoms with Crippen molar-refractivity contribution in [2.75, 3.05) is 13.9 Å². The molecule has 0 saturated carbocycles. The van der Waals surface area contributed by atoms with Crippen LogP contribution in [0.3, 0.4) is 0 Å². The van der Waals surface area contributed by atoms with Crippen LogP contribution in [0.1, 0.15) is 22.9 Å². The minimum Gasteiger partial charge on any atom is -0.468 e. The van der Waals surface area contributed by atoms with Crippen LogP contribution in [0.2, 0.25) is 0 Å². The third-order valence-electron chi connectivity index (χ3n) is 3.79. The summed E-state index contributed by atoms with van der Waals surface area (Å²) in [7, 11) is 1.60. The summed E-state index contributed by atoms with van der Waals surface area (Å²) in [5, 5.41) is 1.12. The maximum Gasteiger partial charge on any atom is 0.188 e. The summed E-state index contributed by atoms with van der Waals surface area (Å²) >= 11 is 0. The Balaban J connectivity index is 1.75. The minimum atomic E-state index is -0.0912. The molecular formula is C19H21NO3. The quantitative estimate of drug-likeness (QED) is 0.700. The zero-order valence-corrected chi connectivity index (χ0v) is 13.4. The maximum atomic E-state index is 6.36. The fraction of sp³-hybridized carbons (Fsp3) is 0.263. The molecule has 0 saturated heterocycles. The van der Waals surface area contributed by atoms with Crippen LogP contribution in [0.4, 0.5) is 0 Å². The molecule has 0 fully saturated rings. The molecule has 23 heavy (non-hydrogen) atoms. The van der Waals surface area contributed by atoms with E-state index in [0.29, 0.717) is 0 Å². The Kier molecular flexibility index (Phi) is 4.65. The third kappa shape index (κ3) is 3.73. The molecule has 1 unspecified atom stereocenters. The van der Waals surface area contributed by atoms with E-state index >= 15 is 0 Å². The number of rotatable bonds is 6. The zero-order valence-electron chi connectivity index (χ0n) is 13.4. The van der Waals surface area contributed by atoms with E-state index in [0.717, 1.165) is 34.5 Å². The second-order valence-corrected chi connectivity index (χ2v) is 5.66. The summed E-state index contributed by atoms with van der Waals surface area (Å²) in [5.41, 5.74) is 9.51. The van der Waals surface area contributed by atoms with Gasteiger partial charge in [0.05, 0.1) is 0 Å². The molecule has 3 aromatic rings. The minimum absolute atomic E-state index is 0.0912. The second kappa shape index (κ2) is 6.86. The predicted molar refractivity (Wildman–Crippen MR) is 90.5 cm³/mol. The molecule has 4 nitrogen and oxygen atoms in total. The van der Waals surface area contributed by atoms with Crippen LogP contribution in [-0.2, 0) is 11.2 Å². The molecule has 0 aliphatic rings. The fourth-order valence-electron chi connectivity index (χ4n) is 2.69. The van der Waals surface area contributed by atoms with Gasteiger partial charge in [-0.2, -0.15) is 0 Å². The first-order valence-electron chi connectivity index (χ1n) is 7.62. The van der Waals surface area contributed by atoms with Crippen molar-refractivity contribution in [1.29, 1.82) is 0 Å². The van der Waals surface area contributed by atoms with Crippen LogP contribution in [0.15, 0.2) is 52.9 Å². The first kappa shape index (κ1) is 15.6. The molecule has 120 valence electrons. The van der Waals surface area contributed by atoms with Gasteiger partial charge in [0.1, 0.15) is 17.1 Å². The van der Waals surface area contributed by atoms with Crippen molar-refractivity contribution in [3.8, 4) is 5.75 Å². The number of fused-ring (bicyclic) bond motifs is 1. The zero-order chi connectivity index (χ0) is 16.2. The number of nitrogens with two attached hydrogens (primary N) is 1. The molecule has 0 aliphatic carbocycles. The normalized spacial score (nSPS) is 12.5. The van der Waals surface area contributed by atoms with E-state index in [-0.39, 0.29) is 12.8 Å². The van der Waals surface area contributed by atoms with Crippen LogP contribution >= 0.6 is 0 Å². The number of methoxy groups -OCH3 is 1. The Morgan fingerprint density at radius 1 is 1.13 bits per heavy atom. The number of ether oxygens (including phenoxy) is 2. The van der Waals surface area contributed by atoms with Crippen molar-refractivity contribution >= 4 is 11.0 Å². The molecule has 3 rings (SSSR count). The van der Waals surface area contributed by atoms with Gasteiger partial charge in [-0.25, -0.2) is 0 Å². The molecule has 0 spiro atoms. The molecule has 2 aromatic carbocycles. The lowest BCUT2D eigenvalue weighted by Crippen LogP contribution is -2.13. The molecule has 0 bridgehead atoms. The van der Waals surface area contributed by atoms with E-state index in [2.05, 4.69) is 12.1 Å². The predicted octanol–water partition coefficient (Wildman–Crippen LogP) is 3.97. The first-order chi connectivity index (χ1) is 11.2. The summed E-state index contributed by atoms with van der Waals surface area (Å²) in [6.45, 7) is 2.19. The molecule has 2 N–H and O–H groups in total. The van der Waals surface area contributed by atoms with E-state index < -0.39 is 0 Å². The third-order valence-corrected chi connectivity index (χ3v) is 3.79. The molecule has 1 heterocycles. The van der Waals surface area contributed by atoms with E-state index in [9.17, 15) is 0 Å². The highest BCUT2D eigenvalue weighted by Crippen LogP contribution is 2.24. The van der Waals surface area contributed by atoms with Gasteiger partial charge in [0.2, 0.25) is 0 Å². The van der Waals surface area contributed by atoms with Gasteiger partial charge in [-0.3, -0.25) is 0 Å². The van der Waals surface area contributed by atoms with Crippen molar-refractivity contribution < 1.29 is 13.9 Å². The van der Waals surface area contributed by atoms with Gasteiger partial charge in [-0.05, 0) is 54.8 Å². The highest BCUT2D eigenvalue weighted by Gasteiger charge is 2.10. The highest BCUT2D eigenvalue weighted by molar-refractivity contribution is 5.78.